The molecule has 1 aliphatic heterocycles. The molecule has 1 N–H and O–H groups in total. The predicted octanol–water partition coefficient (Wildman–Crippen LogP) is 0.679. The van der Waals surface area contributed by atoms with Gasteiger partial charge in [0.2, 0.25) is 11.8 Å². The lowest BCUT2D eigenvalue weighted by molar-refractivity contribution is -0.139. The normalized spacial score (nSPS) is 14.6. The number of rotatable bonds is 2. The largest absolute Gasteiger partial charge is 0.384 e. The summed E-state index contributed by atoms with van der Waals surface area (Å²) in [6.45, 7) is 0.0455. The molecule has 0 atom stereocenters. The number of aliphatic hydroxyl groups excluding tert-OH is 1. The Morgan fingerprint density at radius 3 is 2.50 bits per heavy atom. The van der Waals surface area contributed by atoms with Crippen LogP contribution >= 0.6 is 0 Å². The summed E-state index contributed by atoms with van der Waals surface area (Å²) < 4.78 is 0. The topological polar surface area (TPSA) is 57.6 Å². The number of aliphatic hydroxyl groups is 1. The molecule has 0 spiro atoms. The lowest BCUT2D eigenvalue weighted by Gasteiger charge is -2.14. The highest BCUT2D eigenvalue weighted by Gasteiger charge is 2.28. The second kappa shape index (κ2) is 5.48. The van der Waals surface area contributed by atoms with Gasteiger partial charge in [-0.2, -0.15) is 0 Å². The van der Waals surface area contributed by atoms with Crippen molar-refractivity contribution in [2.75, 3.05) is 6.61 Å². The molecule has 0 radical (unpaired) electrons. The van der Waals surface area contributed by atoms with E-state index >= 15 is 0 Å². The molecule has 0 unspecified atom stereocenters. The van der Waals surface area contributed by atoms with Gasteiger partial charge in [-0.15, -0.1) is 0 Å². The summed E-state index contributed by atoms with van der Waals surface area (Å²) in [5.41, 5.74) is 1.56. The van der Waals surface area contributed by atoms with Crippen molar-refractivity contribution >= 4 is 11.8 Å². The molecule has 1 aromatic rings. The Balaban J connectivity index is 2.23. The fourth-order valence-electron chi connectivity index (χ4n) is 1.88. The second-order valence-corrected chi connectivity index (χ2v) is 3.99. The molecule has 0 bridgehead atoms. The van der Waals surface area contributed by atoms with Gasteiger partial charge in [0, 0.05) is 18.4 Å². The van der Waals surface area contributed by atoms with Crippen LogP contribution in [-0.2, 0) is 16.1 Å². The van der Waals surface area contributed by atoms with Crippen LogP contribution in [0.5, 0.6) is 0 Å². The van der Waals surface area contributed by atoms with Gasteiger partial charge in [-0.1, -0.05) is 30.0 Å². The molecule has 0 aliphatic carbocycles. The first-order valence-electron chi connectivity index (χ1n) is 5.73. The predicted molar refractivity (Wildman–Crippen MR) is 65.2 cm³/mol. The van der Waals surface area contributed by atoms with Crippen LogP contribution in [0, 0.1) is 11.8 Å². The van der Waals surface area contributed by atoms with E-state index in [0.717, 1.165) is 11.1 Å². The number of hydrogen-bond acceptors (Lipinski definition) is 3. The molecule has 1 aliphatic rings. The summed E-state index contributed by atoms with van der Waals surface area (Å²) in [6, 6.07) is 7.31. The quantitative estimate of drug-likeness (QED) is 0.614. The van der Waals surface area contributed by atoms with Crippen LogP contribution in [-0.4, -0.2) is 28.4 Å². The Bertz CT molecular complexity index is 523. The van der Waals surface area contributed by atoms with E-state index in [1.54, 1.807) is 0 Å². The number of amides is 2. The van der Waals surface area contributed by atoms with E-state index in [4.69, 9.17) is 5.11 Å². The molecule has 1 heterocycles. The van der Waals surface area contributed by atoms with Crippen LogP contribution in [0.3, 0.4) is 0 Å². The molecular formula is C14H13NO3. The highest BCUT2D eigenvalue weighted by atomic mass is 16.2. The highest BCUT2D eigenvalue weighted by molar-refractivity contribution is 6.01. The number of nitrogens with zero attached hydrogens (tertiary/aromatic N) is 1. The van der Waals surface area contributed by atoms with Crippen LogP contribution in [0.15, 0.2) is 24.3 Å². The molecule has 4 nitrogen and oxygen atoms in total. The van der Waals surface area contributed by atoms with Crippen LogP contribution < -0.4 is 0 Å². The molecule has 18 heavy (non-hydrogen) atoms. The minimum Gasteiger partial charge on any atom is -0.384 e. The number of likely N-dealkylation sites (tertiary alicyclic amines) is 1. The average Bonchev–Trinajstić information content (AvgIpc) is 2.69. The third-order valence-corrected chi connectivity index (χ3v) is 2.80. The lowest BCUT2D eigenvalue weighted by Crippen LogP contribution is -2.28. The van der Waals surface area contributed by atoms with Crippen molar-refractivity contribution in [2.24, 2.45) is 0 Å². The van der Waals surface area contributed by atoms with Crippen molar-refractivity contribution < 1.29 is 14.7 Å². The van der Waals surface area contributed by atoms with Gasteiger partial charge in [-0.05, 0) is 11.6 Å². The number of imide groups is 1. The summed E-state index contributed by atoms with van der Waals surface area (Å²) in [6.07, 6.45) is 0.590. The van der Waals surface area contributed by atoms with Gasteiger partial charge >= 0.3 is 0 Å². The number of hydrogen-bond donors (Lipinski definition) is 1. The third kappa shape index (κ3) is 2.58. The summed E-state index contributed by atoms with van der Waals surface area (Å²) in [5.74, 6) is 5.12. The standard InChI is InChI=1S/C14H13NO3/c16-9-3-6-11-4-1-2-5-12(11)10-15-13(17)7-8-14(15)18/h1-2,4-5,16H,7-10H2. The van der Waals surface area contributed by atoms with Crippen molar-refractivity contribution in [1.82, 2.24) is 4.90 Å². The molecule has 4 heteroatoms. The molecule has 2 rings (SSSR count). The highest BCUT2D eigenvalue weighted by Crippen LogP contribution is 2.17. The molecule has 1 fully saturated rings. The van der Waals surface area contributed by atoms with E-state index in [2.05, 4.69) is 11.8 Å². The fraction of sp³-hybridized carbons (Fsp3) is 0.286. The minimum absolute atomic E-state index is 0.134. The summed E-state index contributed by atoms with van der Waals surface area (Å²) in [7, 11) is 0. The molecule has 0 saturated carbocycles. The van der Waals surface area contributed by atoms with Gasteiger partial charge in [0.1, 0.15) is 6.61 Å². The zero-order valence-corrected chi connectivity index (χ0v) is 9.85. The summed E-state index contributed by atoms with van der Waals surface area (Å²) in [5, 5.41) is 8.69. The zero-order valence-electron chi connectivity index (χ0n) is 9.85. The van der Waals surface area contributed by atoms with E-state index in [0.29, 0.717) is 12.8 Å². The first-order chi connectivity index (χ1) is 8.72. The SMILES string of the molecule is O=C1CCC(=O)N1Cc1ccccc1C#CCO. The summed E-state index contributed by atoms with van der Waals surface area (Å²) >= 11 is 0. The third-order valence-electron chi connectivity index (χ3n) is 2.80. The maximum atomic E-state index is 11.5. The molecule has 92 valence electrons. The number of benzene rings is 1. The monoisotopic (exact) mass is 243 g/mol. The molecular weight excluding hydrogens is 230 g/mol. The second-order valence-electron chi connectivity index (χ2n) is 3.99. The van der Waals surface area contributed by atoms with Gasteiger partial charge in [-0.25, -0.2) is 0 Å². The first kappa shape index (κ1) is 12.3. The summed E-state index contributed by atoms with van der Waals surface area (Å²) in [4.78, 5) is 24.4. The Kier molecular flexibility index (Phi) is 3.75. The maximum Gasteiger partial charge on any atom is 0.229 e. The van der Waals surface area contributed by atoms with Crippen molar-refractivity contribution in [3.8, 4) is 11.8 Å². The van der Waals surface area contributed by atoms with Gasteiger partial charge in [0.25, 0.3) is 0 Å². The van der Waals surface area contributed by atoms with Crippen molar-refractivity contribution in [2.45, 2.75) is 19.4 Å². The van der Waals surface area contributed by atoms with E-state index in [1.807, 2.05) is 24.3 Å². The van der Waals surface area contributed by atoms with E-state index < -0.39 is 0 Å². The van der Waals surface area contributed by atoms with E-state index in [9.17, 15) is 9.59 Å². The zero-order chi connectivity index (χ0) is 13.0. The van der Waals surface area contributed by atoms with Crippen LogP contribution in [0.4, 0.5) is 0 Å². The van der Waals surface area contributed by atoms with Gasteiger partial charge in [-0.3, -0.25) is 14.5 Å². The Hall–Kier alpha value is -2.12. The average molecular weight is 243 g/mol. The lowest BCUT2D eigenvalue weighted by atomic mass is 10.1. The van der Waals surface area contributed by atoms with Gasteiger partial charge in [0.05, 0.1) is 6.54 Å². The van der Waals surface area contributed by atoms with Gasteiger partial charge in [0.15, 0.2) is 0 Å². The van der Waals surface area contributed by atoms with Gasteiger partial charge < -0.3 is 5.11 Å². The Morgan fingerprint density at radius 2 is 1.83 bits per heavy atom. The van der Waals surface area contributed by atoms with Crippen molar-refractivity contribution in [3.63, 3.8) is 0 Å². The van der Waals surface area contributed by atoms with E-state index in [1.165, 1.54) is 4.90 Å². The first-order valence-corrected chi connectivity index (χ1v) is 5.73. The van der Waals surface area contributed by atoms with Crippen LogP contribution in [0.2, 0.25) is 0 Å². The smallest absolute Gasteiger partial charge is 0.229 e. The van der Waals surface area contributed by atoms with E-state index in [-0.39, 0.29) is 25.0 Å². The molecule has 1 aromatic carbocycles. The molecule has 2 amide bonds. The number of carbonyl (C=O) groups excluding carboxylic acids is 2. The molecule has 1 saturated heterocycles. The van der Waals surface area contributed by atoms with Crippen molar-refractivity contribution in [1.29, 1.82) is 0 Å². The Morgan fingerprint density at radius 1 is 1.17 bits per heavy atom. The minimum atomic E-state index is -0.212. The number of carbonyl (C=O) groups is 2. The maximum absolute atomic E-state index is 11.5. The van der Waals surface area contributed by atoms with Crippen molar-refractivity contribution in [3.05, 3.63) is 35.4 Å². The van der Waals surface area contributed by atoms with Crippen LogP contribution in [0.25, 0.3) is 0 Å². The fourth-order valence-corrected chi connectivity index (χ4v) is 1.88. The van der Waals surface area contributed by atoms with Crippen LogP contribution in [0.1, 0.15) is 24.0 Å². The molecule has 0 aromatic heterocycles. The Labute approximate surface area is 105 Å².